The summed E-state index contributed by atoms with van der Waals surface area (Å²) in [6.07, 6.45) is 1.22. The molecule has 1 unspecified atom stereocenters. The highest BCUT2D eigenvalue weighted by molar-refractivity contribution is 7.12. The highest BCUT2D eigenvalue weighted by Crippen LogP contribution is 2.35. The summed E-state index contributed by atoms with van der Waals surface area (Å²) in [6.45, 7) is 7.21. The zero-order valence-electron chi connectivity index (χ0n) is 11.5. The van der Waals surface area contributed by atoms with E-state index in [1.54, 1.807) is 11.3 Å². The molecule has 0 aliphatic carbocycles. The van der Waals surface area contributed by atoms with E-state index in [4.69, 9.17) is 9.72 Å². The number of thiazole rings is 1. The van der Waals surface area contributed by atoms with E-state index in [1.807, 2.05) is 6.07 Å². The van der Waals surface area contributed by atoms with E-state index in [1.165, 1.54) is 9.88 Å². The number of aromatic nitrogens is 1. The fourth-order valence-corrected chi connectivity index (χ4v) is 3.20. The van der Waals surface area contributed by atoms with E-state index >= 15 is 0 Å². The number of hydrogen-bond donors (Lipinski definition) is 1. The van der Waals surface area contributed by atoms with Gasteiger partial charge in [-0.1, -0.05) is 6.92 Å². The third kappa shape index (κ3) is 2.32. The van der Waals surface area contributed by atoms with Crippen molar-refractivity contribution < 1.29 is 4.74 Å². The van der Waals surface area contributed by atoms with E-state index in [9.17, 15) is 0 Å². The van der Waals surface area contributed by atoms with Crippen molar-refractivity contribution in [1.29, 1.82) is 0 Å². The van der Waals surface area contributed by atoms with E-state index in [2.05, 4.69) is 38.2 Å². The molecule has 0 bridgehead atoms. The largest absolute Gasteiger partial charge is 0.487 e. The minimum Gasteiger partial charge on any atom is -0.487 e. The molecule has 1 aromatic carbocycles. The SMILES string of the molecule is CCc1nc(-c2ccc3c(c2)NCC(C)O3)c(C)s1. The van der Waals surface area contributed by atoms with Crippen LogP contribution in [-0.4, -0.2) is 17.6 Å². The summed E-state index contributed by atoms with van der Waals surface area (Å²) in [7, 11) is 0. The van der Waals surface area contributed by atoms with E-state index in [-0.39, 0.29) is 6.10 Å². The molecule has 0 fully saturated rings. The van der Waals surface area contributed by atoms with Crippen molar-refractivity contribution in [3.63, 3.8) is 0 Å². The number of benzene rings is 1. The molecule has 1 aromatic heterocycles. The summed E-state index contributed by atoms with van der Waals surface area (Å²) in [6, 6.07) is 6.28. The van der Waals surface area contributed by atoms with Crippen molar-refractivity contribution in [3.8, 4) is 17.0 Å². The Morgan fingerprint density at radius 2 is 2.32 bits per heavy atom. The number of aryl methyl sites for hydroxylation is 2. The lowest BCUT2D eigenvalue weighted by Crippen LogP contribution is -2.27. The topological polar surface area (TPSA) is 34.2 Å². The lowest BCUT2D eigenvalue weighted by Gasteiger charge is -2.25. The van der Waals surface area contributed by atoms with Crippen LogP contribution >= 0.6 is 11.3 Å². The fraction of sp³-hybridized carbons (Fsp3) is 0.400. The van der Waals surface area contributed by atoms with Crippen LogP contribution in [0.3, 0.4) is 0 Å². The van der Waals surface area contributed by atoms with Crippen LogP contribution in [-0.2, 0) is 6.42 Å². The third-order valence-corrected chi connectivity index (χ3v) is 4.42. The first-order chi connectivity index (χ1) is 9.17. The van der Waals surface area contributed by atoms with Gasteiger partial charge in [-0.2, -0.15) is 0 Å². The number of fused-ring (bicyclic) bond motifs is 1. The first-order valence-electron chi connectivity index (χ1n) is 6.68. The van der Waals surface area contributed by atoms with Gasteiger partial charge < -0.3 is 10.1 Å². The van der Waals surface area contributed by atoms with Gasteiger partial charge in [0.25, 0.3) is 0 Å². The molecule has 2 heterocycles. The molecule has 2 aromatic rings. The van der Waals surface area contributed by atoms with Crippen molar-refractivity contribution in [2.45, 2.75) is 33.3 Å². The predicted octanol–water partition coefficient (Wildman–Crippen LogP) is 3.87. The lowest BCUT2D eigenvalue weighted by molar-refractivity contribution is 0.226. The van der Waals surface area contributed by atoms with Gasteiger partial charge in [0.1, 0.15) is 11.9 Å². The quantitative estimate of drug-likeness (QED) is 0.902. The maximum absolute atomic E-state index is 5.80. The Hall–Kier alpha value is -1.55. The molecule has 0 saturated carbocycles. The third-order valence-electron chi connectivity index (χ3n) is 3.30. The van der Waals surface area contributed by atoms with Crippen molar-refractivity contribution in [1.82, 2.24) is 4.98 Å². The Morgan fingerprint density at radius 3 is 3.05 bits per heavy atom. The van der Waals surface area contributed by atoms with Gasteiger partial charge in [0.2, 0.25) is 0 Å². The van der Waals surface area contributed by atoms with Gasteiger partial charge >= 0.3 is 0 Å². The molecule has 0 amide bonds. The predicted molar refractivity (Wildman–Crippen MR) is 80.2 cm³/mol. The van der Waals surface area contributed by atoms with Crippen LogP contribution in [0.15, 0.2) is 18.2 Å². The van der Waals surface area contributed by atoms with E-state index < -0.39 is 0 Å². The Bertz CT molecular complexity index is 606. The number of nitrogens with one attached hydrogen (secondary N) is 1. The van der Waals surface area contributed by atoms with Crippen LogP contribution in [0, 0.1) is 6.92 Å². The van der Waals surface area contributed by atoms with Crippen molar-refractivity contribution in [3.05, 3.63) is 28.1 Å². The summed E-state index contributed by atoms with van der Waals surface area (Å²) in [4.78, 5) is 5.99. The second-order valence-electron chi connectivity index (χ2n) is 4.89. The smallest absolute Gasteiger partial charge is 0.142 e. The van der Waals surface area contributed by atoms with Gasteiger partial charge in [-0.05, 0) is 38.5 Å². The van der Waals surface area contributed by atoms with Crippen LogP contribution in [0.5, 0.6) is 5.75 Å². The highest BCUT2D eigenvalue weighted by Gasteiger charge is 2.17. The fourth-order valence-electron chi connectivity index (χ4n) is 2.30. The average molecular weight is 274 g/mol. The zero-order valence-corrected chi connectivity index (χ0v) is 12.3. The minimum absolute atomic E-state index is 0.228. The van der Waals surface area contributed by atoms with Crippen LogP contribution in [0.25, 0.3) is 11.3 Å². The molecule has 3 nitrogen and oxygen atoms in total. The summed E-state index contributed by atoms with van der Waals surface area (Å²) in [5.74, 6) is 0.936. The second-order valence-corrected chi connectivity index (χ2v) is 6.17. The summed E-state index contributed by atoms with van der Waals surface area (Å²) in [5.41, 5.74) is 3.34. The normalized spacial score (nSPS) is 17.5. The van der Waals surface area contributed by atoms with Crippen LogP contribution in [0.2, 0.25) is 0 Å². The van der Waals surface area contributed by atoms with Gasteiger partial charge in [0.05, 0.1) is 22.9 Å². The molecule has 0 radical (unpaired) electrons. The molecular formula is C15H18N2OS. The Morgan fingerprint density at radius 1 is 1.47 bits per heavy atom. The number of hydrogen-bond acceptors (Lipinski definition) is 4. The standard InChI is InChI=1S/C15H18N2OS/c1-4-14-17-15(10(3)19-14)11-5-6-13-12(7-11)16-8-9(2)18-13/h5-7,9,16H,4,8H2,1-3H3. The number of anilines is 1. The van der Waals surface area contributed by atoms with E-state index in [0.29, 0.717) is 0 Å². The zero-order chi connectivity index (χ0) is 13.4. The average Bonchev–Trinajstić information content (AvgIpc) is 2.79. The molecular weight excluding hydrogens is 256 g/mol. The van der Waals surface area contributed by atoms with Crippen molar-refractivity contribution >= 4 is 17.0 Å². The Kier molecular flexibility index (Phi) is 3.19. The Labute approximate surface area is 117 Å². The number of ether oxygens (including phenoxy) is 1. The maximum Gasteiger partial charge on any atom is 0.142 e. The second kappa shape index (κ2) is 4.85. The molecule has 1 N–H and O–H groups in total. The van der Waals surface area contributed by atoms with E-state index in [0.717, 1.165) is 35.7 Å². The first kappa shape index (κ1) is 12.5. The minimum atomic E-state index is 0.228. The van der Waals surface area contributed by atoms with Gasteiger partial charge in [-0.25, -0.2) is 4.98 Å². The maximum atomic E-state index is 5.80. The molecule has 4 heteroatoms. The molecule has 1 aliphatic rings. The van der Waals surface area contributed by atoms with Crippen molar-refractivity contribution in [2.24, 2.45) is 0 Å². The number of rotatable bonds is 2. The van der Waals surface area contributed by atoms with Gasteiger partial charge in [-0.3, -0.25) is 0 Å². The van der Waals surface area contributed by atoms with Crippen LogP contribution in [0.1, 0.15) is 23.7 Å². The molecule has 3 rings (SSSR count). The van der Waals surface area contributed by atoms with Gasteiger partial charge in [-0.15, -0.1) is 11.3 Å². The molecule has 0 saturated heterocycles. The number of nitrogens with zero attached hydrogens (tertiary/aromatic N) is 1. The molecule has 19 heavy (non-hydrogen) atoms. The van der Waals surface area contributed by atoms with Crippen molar-refractivity contribution in [2.75, 3.05) is 11.9 Å². The summed E-state index contributed by atoms with van der Waals surface area (Å²) in [5, 5.41) is 4.61. The van der Waals surface area contributed by atoms with Crippen LogP contribution in [0.4, 0.5) is 5.69 Å². The monoisotopic (exact) mass is 274 g/mol. The van der Waals surface area contributed by atoms with Gasteiger partial charge in [0, 0.05) is 10.4 Å². The van der Waals surface area contributed by atoms with Crippen LogP contribution < -0.4 is 10.1 Å². The summed E-state index contributed by atoms with van der Waals surface area (Å²) >= 11 is 1.78. The first-order valence-corrected chi connectivity index (χ1v) is 7.50. The highest BCUT2D eigenvalue weighted by atomic mass is 32.1. The van der Waals surface area contributed by atoms with Gasteiger partial charge in [0.15, 0.2) is 0 Å². The summed E-state index contributed by atoms with van der Waals surface area (Å²) < 4.78 is 5.80. The molecule has 100 valence electrons. The molecule has 0 spiro atoms. The lowest BCUT2D eigenvalue weighted by atomic mass is 10.1. The molecule has 1 atom stereocenters. The Balaban J connectivity index is 1.99. The molecule has 1 aliphatic heterocycles.